The van der Waals surface area contributed by atoms with Crippen molar-refractivity contribution in [1.82, 2.24) is 14.9 Å². The van der Waals surface area contributed by atoms with Crippen LogP contribution >= 0.6 is 0 Å². The summed E-state index contributed by atoms with van der Waals surface area (Å²) >= 11 is 0. The molecule has 0 saturated carbocycles. The summed E-state index contributed by atoms with van der Waals surface area (Å²) in [6, 6.07) is 7.60. The number of hydrogen-bond donors (Lipinski definition) is 1. The fourth-order valence-corrected chi connectivity index (χ4v) is 1.87. The molecule has 96 valence electrons. The normalized spacial score (nSPS) is 12.9. The molecule has 1 amide bonds. The number of rotatable bonds is 4. The van der Waals surface area contributed by atoms with Gasteiger partial charge in [-0.15, -0.1) is 0 Å². The summed E-state index contributed by atoms with van der Waals surface area (Å²) in [5, 5.41) is 2.95. The van der Waals surface area contributed by atoms with Crippen LogP contribution in [0.5, 0.6) is 0 Å². The van der Waals surface area contributed by atoms with Gasteiger partial charge in [0.2, 0.25) is 5.91 Å². The van der Waals surface area contributed by atoms with Gasteiger partial charge in [0.15, 0.2) is 0 Å². The Morgan fingerprint density at radius 3 is 2.78 bits per heavy atom. The zero-order valence-corrected chi connectivity index (χ0v) is 11.1. The molecule has 0 saturated heterocycles. The van der Waals surface area contributed by atoms with Crippen molar-refractivity contribution in [2.24, 2.45) is 5.92 Å². The standard InChI is InChI=1S/C14H19N3O/c1-10(2)8-15-14(18)11(3)17-9-16-12-6-4-5-7-13(12)17/h4-7,9-11H,8H2,1-3H3,(H,15,18). The lowest BCUT2D eigenvalue weighted by molar-refractivity contribution is -0.123. The Hall–Kier alpha value is -1.84. The van der Waals surface area contributed by atoms with Crippen molar-refractivity contribution in [2.75, 3.05) is 6.54 Å². The quantitative estimate of drug-likeness (QED) is 0.899. The Morgan fingerprint density at radius 1 is 1.33 bits per heavy atom. The summed E-state index contributed by atoms with van der Waals surface area (Å²) < 4.78 is 1.91. The molecule has 0 aliphatic heterocycles. The number of nitrogens with zero attached hydrogens (tertiary/aromatic N) is 2. The second-order valence-electron chi connectivity index (χ2n) is 4.96. The van der Waals surface area contributed by atoms with E-state index < -0.39 is 0 Å². The number of fused-ring (bicyclic) bond motifs is 1. The first-order chi connectivity index (χ1) is 8.59. The van der Waals surface area contributed by atoms with E-state index in [1.807, 2.05) is 35.8 Å². The van der Waals surface area contributed by atoms with Crippen molar-refractivity contribution in [3.63, 3.8) is 0 Å². The molecule has 2 rings (SSSR count). The third-order valence-electron chi connectivity index (χ3n) is 2.96. The van der Waals surface area contributed by atoms with Crippen molar-refractivity contribution in [2.45, 2.75) is 26.8 Å². The van der Waals surface area contributed by atoms with E-state index in [1.54, 1.807) is 6.33 Å². The van der Waals surface area contributed by atoms with Crippen LogP contribution in [0.3, 0.4) is 0 Å². The van der Waals surface area contributed by atoms with E-state index >= 15 is 0 Å². The van der Waals surface area contributed by atoms with Gasteiger partial charge < -0.3 is 9.88 Å². The van der Waals surface area contributed by atoms with Crippen molar-refractivity contribution >= 4 is 16.9 Å². The summed E-state index contributed by atoms with van der Waals surface area (Å²) in [6.07, 6.45) is 1.73. The van der Waals surface area contributed by atoms with Crippen LogP contribution in [0.15, 0.2) is 30.6 Å². The van der Waals surface area contributed by atoms with Crippen LogP contribution in [0.2, 0.25) is 0 Å². The number of benzene rings is 1. The maximum absolute atomic E-state index is 12.0. The molecule has 0 aliphatic carbocycles. The molecule has 1 aromatic carbocycles. The predicted molar refractivity (Wildman–Crippen MR) is 72.3 cm³/mol. The summed E-state index contributed by atoms with van der Waals surface area (Å²) in [4.78, 5) is 16.3. The third-order valence-corrected chi connectivity index (χ3v) is 2.96. The fourth-order valence-electron chi connectivity index (χ4n) is 1.87. The molecule has 1 aromatic heterocycles. The molecule has 1 heterocycles. The van der Waals surface area contributed by atoms with Crippen molar-refractivity contribution in [1.29, 1.82) is 0 Å². The van der Waals surface area contributed by atoms with Crippen LogP contribution in [-0.2, 0) is 4.79 Å². The summed E-state index contributed by atoms with van der Waals surface area (Å²) in [6.45, 7) is 6.76. The van der Waals surface area contributed by atoms with Gasteiger partial charge in [-0.1, -0.05) is 26.0 Å². The van der Waals surface area contributed by atoms with E-state index in [0.29, 0.717) is 12.5 Å². The minimum atomic E-state index is -0.240. The fraction of sp³-hybridized carbons (Fsp3) is 0.429. The SMILES string of the molecule is CC(C)CNC(=O)C(C)n1cnc2ccccc21. The van der Waals surface area contributed by atoms with E-state index in [9.17, 15) is 4.79 Å². The van der Waals surface area contributed by atoms with Gasteiger partial charge in [0.1, 0.15) is 6.04 Å². The van der Waals surface area contributed by atoms with Crippen LogP contribution in [0.4, 0.5) is 0 Å². The molecular weight excluding hydrogens is 226 g/mol. The topological polar surface area (TPSA) is 46.9 Å². The second kappa shape index (κ2) is 5.21. The average molecular weight is 245 g/mol. The van der Waals surface area contributed by atoms with Gasteiger partial charge in [0.25, 0.3) is 0 Å². The van der Waals surface area contributed by atoms with Crippen LogP contribution in [0, 0.1) is 5.92 Å². The first-order valence-corrected chi connectivity index (χ1v) is 6.29. The molecule has 0 radical (unpaired) electrons. The van der Waals surface area contributed by atoms with Gasteiger partial charge in [-0.2, -0.15) is 0 Å². The van der Waals surface area contributed by atoms with Gasteiger partial charge in [-0.05, 0) is 25.0 Å². The van der Waals surface area contributed by atoms with E-state index in [1.165, 1.54) is 0 Å². The highest BCUT2D eigenvalue weighted by atomic mass is 16.2. The van der Waals surface area contributed by atoms with E-state index in [0.717, 1.165) is 11.0 Å². The highest BCUT2D eigenvalue weighted by molar-refractivity contribution is 5.83. The zero-order valence-electron chi connectivity index (χ0n) is 11.1. The van der Waals surface area contributed by atoms with Gasteiger partial charge in [-0.25, -0.2) is 4.98 Å². The first kappa shape index (κ1) is 12.6. The Morgan fingerprint density at radius 2 is 2.06 bits per heavy atom. The smallest absolute Gasteiger partial charge is 0.242 e. The van der Waals surface area contributed by atoms with Gasteiger partial charge in [0.05, 0.1) is 17.4 Å². The molecule has 1 N–H and O–H groups in total. The van der Waals surface area contributed by atoms with Crippen LogP contribution in [-0.4, -0.2) is 22.0 Å². The molecule has 1 atom stereocenters. The zero-order chi connectivity index (χ0) is 13.1. The molecule has 2 aromatic rings. The van der Waals surface area contributed by atoms with Gasteiger partial charge in [0, 0.05) is 6.54 Å². The molecular formula is C14H19N3O. The molecule has 0 bridgehead atoms. The molecule has 4 heteroatoms. The van der Waals surface area contributed by atoms with Crippen molar-refractivity contribution in [3.05, 3.63) is 30.6 Å². The van der Waals surface area contributed by atoms with E-state index in [4.69, 9.17) is 0 Å². The molecule has 1 unspecified atom stereocenters. The number of hydrogen-bond acceptors (Lipinski definition) is 2. The van der Waals surface area contributed by atoms with E-state index in [2.05, 4.69) is 24.1 Å². The second-order valence-corrected chi connectivity index (χ2v) is 4.96. The molecule has 0 fully saturated rings. The number of amides is 1. The number of para-hydroxylation sites is 2. The minimum Gasteiger partial charge on any atom is -0.354 e. The largest absolute Gasteiger partial charge is 0.354 e. The summed E-state index contributed by atoms with van der Waals surface area (Å²) in [7, 11) is 0. The lowest BCUT2D eigenvalue weighted by Crippen LogP contribution is -2.33. The monoisotopic (exact) mass is 245 g/mol. The van der Waals surface area contributed by atoms with Crippen LogP contribution < -0.4 is 5.32 Å². The lowest BCUT2D eigenvalue weighted by atomic mass is 10.2. The van der Waals surface area contributed by atoms with Gasteiger partial charge in [-0.3, -0.25) is 4.79 Å². The number of aromatic nitrogens is 2. The highest BCUT2D eigenvalue weighted by Crippen LogP contribution is 2.17. The third kappa shape index (κ3) is 2.53. The lowest BCUT2D eigenvalue weighted by Gasteiger charge is -2.15. The maximum atomic E-state index is 12.0. The van der Waals surface area contributed by atoms with Crippen LogP contribution in [0.1, 0.15) is 26.8 Å². The highest BCUT2D eigenvalue weighted by Gasteiger charge is 2.16. The Kier molecular flexibility index (Phi) is 3.65. The molecule has 0 spiro atoms. The molecule has 18 heavy (non-hydrogen) atoms. The maximum Gasteiger partial charge on any atom is 0.242 e. The van der Waals surface area contributed by atoms with Gasteiger partial charge >= 0.3 is 0 Å². The number of imidazole rings is 1. The molecule has 0 aliphatic rings. The van der Waals surface area contributed by atoms with Crippen molar-refractivity contribution < 1.29 is 4.79 Å². The number of nitrogens with one attached hydrogen (secondary N) is 1. The Bertz CT molecular complexity index is 545. The molecule has 4 nitrogen and oxygen atoms in total. The summed E-state index contributed by atoms with van der Waals surface area (Å²) in [5.41, 5.74) is 1.91. The van der Waals surface area contributed by atoms with Crippen LogP contribution in [0.25, 0.3) is 11.0 Å². The number of carbonyl (C=O) groups excluding carboxylic acids is 1. The number of carbonyl (C=O) groups is 1. The summed E-state index contributed by atoms with van der Waals surface area (Å²) in [5.74, 6) is 0.493. The average Bonchev–Trinajstić information content (AvgIpc) is 2.78. The van der Waals surface area contributed by atoms with E-state index in [-0.39, 0.29) is 11.9 Å². The minimum absolute atomic E-state index is 0.0341. The Labute approximate surface area is 107 Å². The van der Waals surface area contributed by atoms with Crippen molar-refractivity contribution in [3.8, 4) is 0 Å². The Balaban J connectivity index is 2.18. The predicted octanol–water partition coefficient (Wildman–Crippen LogP) is 2.37. The first-order valence-electron chi connectivity index (χ1n) is 6.29.